The zero-order valence-corrected chi connectivity index (χ0v) is 28.9. The molecule has 1 amide bonds. The summed E-state index contributed by atoms with van der Waals surface area (Å²) in [6.45, 7) is 2.64. The summed E-state index contributed by atoms with van der Waals surface area (Å²) in [4.78, 5) is 30.6. The molecular weight excluding hydrogens is 663 g/mol. The Hall–Kier alpha value is -4.13. The minimum atomic E-state index is -0.150. The smallest absolute Gasteiger partial charge is 0.237 e. The minimum Gasteiger partial charge on any atom is -0.480 e. The number of carbonyl (C=O) groups is 1. The Morgan fingerprint density at radius 2 is 1.59 bits per heavy atom. The number of aliphatic hydroxyl groups excluding tert-OH is 1. The zero-order chi connectivity index (χ0) is 34.1. The lowest BCUT2D eigenvalue weighted by Gasteiger charge is -2.31. The normalized spacial score (nSPS) is 18.9. The Morgan fingerprint density at radius 1 is 0.939 bits per heavy atom. The van der Waals surface area contributed by atoms with Gasteiger partial charge in [-0.3, -0.25) is 14.8 Å². The maximum atomic E-state index is 11.5. The standard InChI is InChI=1S/C36H38Cl2N8O3/c1-46-19-21(14-39-13-20-11-23(47)12-20)34-35(46)44-28(18-42-34)26-7-3-5-24(32(26)37)25-6-4-8-27(33(25)38)29-17-41-30(36(45-29)49-2)16-40-15-22-9-10-31(48)43-22/h3-8,17-20,22-23,39-40,47H,9-16H2,1-2H3,(H,43,48)/t20?,22-,23?/m1/s1. The van der Waals surface area contributed by atoms with Crippen molar-refractivity contribution in [1.82, 2.24) is 40.5 Å². The number of fused-ring (bicyclic) bond motifs is 1. The summed E-state index contributed by atoms with van der Waals surface area (Å²) in [5.41, 5.74) is 7.51. The molecule has 0 unspecified atom stereocenters. The van der Waals surface area contributed by atoms with Crippen molar-refractivity contribution < 1.29 is 14.6 Å². The van der Waals surface area contributed by atoms with Crippen molar-refractivity contribution in [2.75, 3.05) is 20.2 Å². The van der Waals surface area contributed by atoms with Gasteiger partial charge in [-0.15, -0.1) is 0 Å². The third kappa shape index (κ3) is 6.99. The highest BCUT2D eigenvalue weighted by Crippen LogP contribution is 2.42. The van der Waals surface area contributed by atoms with Gasteiger partial charge >= 0.3 is 0 Å². The molecule has 1 atom stereocenters. The van der Waals surface area contributed by atoms with Crippen LogP contribution in [0.25, 0.3) is 44.8 Å². The number of ether oxygens (including phenoxy) is 1. The van der Waals surface area contributed by atoms with E-state index in [0.29, 0.717) is 70.5 Å². The number of nitrogens with zero attached hydrogens (tertiary/aromatic N) is 5. The van der Waals surface area contributed by atoms with Crippen molar-refractivity contribution in [1.29, 1.82) is 0 Å². The van der Waals surface area contributed by atoms with E-state index in [1.54, 1.807) is 19.5 Å². The molecule has 5 aromatic rings. The fourth-order valence-electron chi connectivity index (χ4n) is 6.63. The number of halogens is 2. The molecule has 4 N–H and O–H groups in total. The second-order valence-corrected chi connectivity index (χ2v) is 13.6. The first-order valence-electron chi connectivity index (χ1n) is 16.5. The van der Waals surface area contributed by atoms with E-state index in [-0.39, 0.29) is 18.1 Å². The number of methoxy groups -OCH3 is 1. The highest BCUT2D eigenvalue weighted by Gasteiger charge is 2.27. The number of aryl methyl sites for hydroxylation is 1. The fourth-order valence-corrected chi connectivity index (χ4v) is 7.28. The number of aliphatic hydroxyl groups is 1. The molecule has 13 heteroatoms. The number of hydrogen-bond acceptors (Lipinski definition) is 9. The summed E-state index contributed by atoms with van der Waals surface area (Å²) in [7, 11) is 3.53. The van der Waals surface area contributed by atoms with Crippen LogP contribution in [0.1, 0.15) is 36.9 Å². The van der Waals surface area contributed by atoms with Gasteiger partial charge in [-0.25, -0.2) is 9.97 Å². The van der Waals surface area contributed by atoms with Crippen LogP contribution in [0, 0.1) is 5.92 Å². The Balaban J connectivity index is 1.11. The molecule has 3 aromatic heterocycles. The van der Waals surface area contributed by atoms with Crippen molar-refractivity contribution in [2.24, 2.45) is 13.0 Å². The molecule has 1 saturated carbocycles. The van der Waals surface area contributed by atoms with Gasteiger partial charge in [0.1, 0.15) is 11.2 Å². The van der Waals surface area contributed by atoms with Crippen molar-refractivity contribution in [3.8, 4) is 39.5 Å². The molecule has 4 heterocycles. The summed E-state index contributed by atoms with van der Waals surface area (Å²) < 4.78 is 7.58. The van der Waals surface area contributed by atoms with Crippen LogP contribution in [-0.4, -0.2) is 67.9 Å². The number of aromatic nitrogens is 5. The average Bonchev–Trinajstić information content (AvgIpc) is 3.65. The summed E-state index contributed by atoms with van der Waals surface area (Å²) in [5.74, 6) is 1.01. The number of rotatable bonds is 12. The van der Waals surface area contributed by atoms with Crippen LogP contribution < -0.4 is 20.7 Å². The zero-order valence-electron chi connectivity index (χ0n) is 27.3. The molecule has 2 fully saturated rings. The third-order valence-corrected chi connectivity index (χ3v) is 10.1. The van der Waals surface area contributed by atoms with E-state index in [0.717, 1.165) is 59.2 Å². The highest BCUT2D eigenvalue weighted by molar-refractivity contribution is 6.39. The highest BCUT2D eigenvalue weighted by atomic mass is 35.5. The molecule has 254 valence electrons. The first kappa shape index (κ1) is 33.4. The fraction of sp³-hybridized carbons (Fsp3) is 0.361. The Kier molecular flexibility index (Phi) is 9.80. The van der Waals surface area contributed by atoms with Crippen LogP contribution >= 0.6 is 23.2 Å². The second kappa shape index (κ2) is 14.4. The molecule has 1 aliphatic heterocycles. The van der Waals surface area contributed by atoms with Crippen LogP contribution in [-0.2, 0) is 24.9 Å². The van der Waals surface area contributed by atoms with Gasteiger partial charge in [-0.1, -0.05) is 59.6 Å². The van der Waals surface area contributed by atoms with Crippen molar-refractivity contribution in [3.63, 3.8) is 0 Å². The molecule has 7 rings (SSSR count). The molecule has 1 saturated heterocycles. The van der Waals surface area contributed by atoms with E-state index in [1.807, 2.05) is 48.0 Å². The molecule has 1 aliphatic carbocycles. The van der Waals surface area contributed by atoms with Gasteiger partial charge in [-0.2, -0.15) is 0 Å². The van der Waals surface area contributed by atoms with Crippen molar-refractivity contribution >= 4 is 40.3 Å². The second-order valence-electron chi connectivity index (χ2n) is 12.8. The van der Waals surface area contributed by atoms with Crippen molar-refractivity contribution in [3.05, 3.63) is 76.3 Å². The third-order valence-electron chi connectivity index (χ3n) is 9.31. The van der Waals surface area contributed by atoms with Gasteiger partial charge in [0.25, 0.3) is 0 Å². The largest absolute Gasteiger partial charge is 0.480 e. The number of nitrogens with one attached hydrogen (secondary N) is 3. The molecule has 0 radical (unpaired) electrons. The van der Waals surface area contributed by atoms with E-state index in [2.05, 4.69) is 27.1 Å². The van der Waals surface area contributed by atoms with E-state index in [1.165, 1.54) is 0 Å². The predicted molar refractivity (Wildman–Crippen MR) is 190 cm³/mol. The summed E-state index contributed by atoms with van der Waals surface area (Å²) in [5, 5.41) is 20.4. The minimum absolute atomic E-state index is 0.0865. The first-order chi connectivity index (χ1) is 23.8. The summed E-state index contributed by atoms with van der Waals surface area (Å²) in [6.07, 6.45) is 8.45. The van der Waals surface area contributed by atoms with E-state index in [4.69, 9.17) is 42.9 Å². The van der Waals surface area contributed by atoms with Gasteiger partial charge < -0.3 is 30.4 Å². The van der Waals surface area contributed by atoms with Gasteiger partial charge in [0, 0.05) is 73.2 Å². The maximum absolute atomic E-state index is 11.5. The number of hydrogen-bond donors (Lipinski definition) is 4. The van der Waals surface area contributed by atoms with E-state index in [9.17, 15) is 9.90 Å². The van der Waals surface area contributed by atoms with Gasteiger partial charge in [-0.05, 0) is 31.7 Å². The lowest BCUT2D eigenvalue weighted by atomic mass is 9.82. The van der Waals surface area contributed by atoms with Gasteiger partial charge in [0.15, 0.2) is 5.65 Å². The maximum Gasteiger partial charge on any atom is 0.237 e. The molecular formula is C36H38Cl2N8O3. The Labute approximate surface area is 294 Å². The molecule has 11 nitrogen and oxygen atoms in total. The van der Waals surface area contributed by atoms with Crippen molar-refractivity contribution in [2.45, 2.75) is 50.9 Å². The van der Waals surface area contributed by atoms with E-state index < -0.39 is 0 Å². The SMILES string of the molecule is COc1nc(-c2cccc(-c3cccc(-c4cnc5c(CNCC6CC(O)C6)cn(C)c5n4)c3Cl)c2Cl)cnc1CNC[C@H]1CCC(=O)N1. The lowest BCUT2D eigenvalue weighted by Crippen LogP contribution is -2.35. The van der Waals surface area contributed by atoms with Crippen LogP contribution in [0.5, 0.6) is 5.88 Å². The Morgan fingerprint density at radius 3 is 2.24 bits per heavy atom. The molecule has 49 heavy (non-hydrogen) atoms. The monoisotopic (exact) mass is 700 g/mol. The van der Waals surface area contributed by atoms with Crippen LogP contribution in [0.2, 0.25) is 10.0 Å². The molecule has 2 aromatic carbocycles. The first-order valence-corrected chi connectivity index (χ1v) is 17.2. The molecule has 0 spiro atoms. The topological polar surface area (TPSA) is 139 Å². The van der Waals surface area contributed by atoms with Crippen LogP contribution in [0.4, 0.5) is 0 Å². The Bertz CT molecular complexity index is 2010. The lowest BCUT2D eigenvalue weighted by molar-refractivity contribution is -0.119. The molecule has 0 bridgehead atoms. The average molecular weight is 702 g/mol. The van der Waals surface area contributed by atoms with Gasteiger partial charge in [0.05, 0.1) is 47.0 Å². The summed E-state index contributed by atoms with van der Waals surface area (Å²) in [6, 6.07) is 11.7. The summed E-state index contributed by atoms with van der Waals surface area (Å²) >= 11 is 14.2. The number of amides is 1. The van der Waals surface area contributed by atoms with Gasteiger partial charge in [0.2, 0.25) is 11.8 Å². The number of benzene rings is 2. The predicted octanol–water partition coefficient (Wildman–Crippen LogP) is 5.30. The van der Waals surface area contributed by atoms with Crippen LogP contribution in [0.3, 0.4) is 0 Å². The van der Waals surface area contributed by atoms with Crippen LogP contribution in [0.15, 0.2) is 55.0 Å². The van der Waals surface area contributed by atoms with E-state index >= 15 is 0 Å². The quantitative estimate of drug-likeness (QED) is 0.137. The number of carbonyl (C=O) groups excluding carboxylic acids is 1. The molecule has 2 aliphatic rings.